The number of ether oxygens (including phenoxy) is 1. The van der Waals surface area contributed by atoms with Gasteiger partial charge in [0, 0.05) is 13.1 Å². The molecular formula is C10H17ClN4O2. The number of anilines is 2. The third-order valence-electron chi connectivity index (χ3n) is 2.22. The summed E-state index contributed by atoms with van der Waals surface area (Å²) >= 11 is 6.03. The van der Waals surface area contributed by atoms with Crippen LogP contribution in [0.15, 0.2) is 6.33 Å². The fourth-order valence-electron chi connectivity index (χ4n) is 1.35. The predicted octanol–water partition coefficient (Wildman–Crippen LogP) is 0.547. The van der Waals surface area contributed by atoms with E-state index in [9.17, 15) is 0 Å². The van der Waals surface area contributed by atoms with Gasteiger partial charge in [0.2, 0.25) is 0 Å². The van der Waals surface area contributed by atoms with Crippen LogP contribution in [0.25, 0.3) is 0 Å². The van der Waals surface area contributed by atoms with Gasteiger partial charge in [0.1, 0.15) is 17.2 Å². The number of nitrogen functional groups attached to an aromatic ring is 1. The van der Waals surface area contributed by atoms with Crippen molar-refractivity contribution in [2.75, 3.05) is 43.5 Å². The molecule has 0 saturated carbocycles. The molecule has 0 aliphatic carbocycles. The lowest BCUT2D eigenvalue weighted by Crippen LogP contribution is -2.28. The molecule has 0 spiro atoms. The van der Waals surface area contributed by atoms with Crippen molar-refractivity contribution >= 4 is 23.2 Å². The van der Waals surface area contributed by atoms with Crippen LogP contribution in [-0.2, 0) is 4.74 Å². The first-order valence-electron chi connectivity index (χ1n) is 5.40. The van der Waals surface area contributed by atoms with E-state index in [2.05, 4.69) is 9.97 Å². The zero-order valence-electron chi connectivity index (χ0n) is 9.77. The molecular weight excluding hydrogens is 244 g/mol. The zero-order valence-corrected chi connectivity index (χ0v) is 10.5. The van der Waals surface area contributed by atoms with Crippen molar-refractivity contribution in [3.63, 3.8) is 0 Å². The summed E-state index contributed by atoms with van der Waals surface area (Å²) in [6, 6.07) is 0. The van der Waals surface area contributed by atoms with Crippen LogP contribution >= 0.6 is 11.6 Å². The highest BCUT2D eigenvalue weighted by Gasteiger charge is 2.12. The van der Waals surface area contributed by atoms with E-state index in [0.717, 1.165) is 6.54 Å². The average Bonchev–Trinajstić information content (AvgIpc) is 2.34. The smallest absolute Gasteiger partial charge is 0.153 e. The summed E-state index contributed by atoms with van der Waals surface area (Å²) in [5.41, 5.74) is 5.62. The maximum Gasteiger partial charge on any atom is 0.153 e. The third kappa shape index (κ3) is 3.99. The summed E-state index contributed by atoms with van der Waals surface area (Å²) in [6.07, 6.45) is 1.38. The van der Waals surface area contributed by atoms with E-state index in [0.29, 0.717) is 30.6 Å². The summed E-state index contributed by atoms with van der Waals surface area (Å²) in [5.74, 6) is 0.876. The fourth-order valence-corrected chi connectivity index (χ4v) is 1.57. The van der Waals surface area contributed by atoms with E-state index < -0.39 is 0 Å². The number of hydrogen-bond donors (Lipinski definition) is 2. The molecule has 0 fully saturated rings. The highest BCUT2D eigenvalue weighted by atomic mass is 35.5. The number of aromatic nitrogens is 2. The van der Waals surface area contributed by atoms with Gasteiger partial charge in [0.05, 0.1) is 19.8 Å². The molecule has 0 aliphatic rings. The second-order valence-electron chi connectivity index (χ2n) is 3.31. The first-order valence-corrected chi connectivity index (χ1v) is 5.78. The van der Waals surface area contributed by atoms with Gasteiger partial charge in [-0.05, 0) is 6.92 Å². The van der Waals surface area contributed by atoms with Crippen LogP contribution in [0.5, 0.6) is 0 Å². The Bertz CT molecular complexity index is 351. The maximum atomic E-state index is 8.59. The van der Waals surface area contributed by atoms with E-state index in [4.69, 9.17) is 27.2 Å². The Kier molecular flexibility index (Phi) is 5.96. The number of aliphatic hydroxyl groups is 1. The van der Waals surface area contributed by atoms with E-state index in [1.165, 1.54) is 6.33 Å². The Morgan fingerprint density at radius 2 is 2.24 bits per heavy atom. The van der Waals surface area contributed by atoms with Crippen molar-refractivity contribution in [1.29, 1.82) is 0 Å². The van der Waals surface area contributed by atoms with Gasteiger partial charge in [0.15, 0.2) is 5.82 Å². The van der Waals surface area contributed by atoms with Crippen molar-refractivity contribution in [2.24, 2.45) is 0 Å². The number of nitrogens with two attached hydrogens (primary N) is 1. The molecule has 1 rings (SSSR count). The molecule has 0 unspecified atom stereocenters. The summed E-state index contributed by atoms with van der Waals surface area (Å²) in [6.45, 7) is 4.20. The fraction of sp³-hybridized carbons (Fsp3) is 0.600. The Hall–Kier alpha value is -1.11. The van der Waals surface area contributed by atoms with E-state index >= 15 is 0 Å². The van der Waals surface area contributed by atoms with Crippen LogP contribution in [0, 0.1) is 0 Å². The molecule has 0 amide bonds. The van der Waals surface area contributed by atoms with Gasteiger partial charge in [-0.3, -0.25) is 0 Å². The van der Waals surface area contributed by atoms with Crippen LogP contribution in [-0.4, -0.2) is 48.0 Å². The Morgan fingerprint density at radius 1 is 1.47 bits per heavy atom. The minimum atomic E-state index is 0.0212. The third-order valence-corrected chi connectivity index (χ3v) is 2.58. The molecule has 1 aromatic rings. The average molecular weight is 261 g/mol. The van der Waals surface area contributed by atoms with Gasteiger partial charge in [-0.1, -0.05) is 11.6 Å². The van der Waals surface area contributed by atoms with Crippen LogP contribution < -0.4 is 10.6 Å². The van der Waals surface area contributed by atoms with Gasteiger partial charge in [-0.25, -0.2) is 9.97 Å². The molecule has 0 radical (unpaired) electrons. The van der Waals surface area contributed by atoms with Gasteiger partial charge < -0.3 is 20.5 Å². The predicted molar refractivity (Wildman–Crippen MR) is 67.2 cm³/mol. The minimum absolute atomic E-state index is 0.0212. The van der Waals surface area contributed by atoms with Crippen molar-refractivity contribution in [2.45, 2.75) is 6.92 Å². The van der Waals surface area contributed by atoms with Gasteiger partial charge in [-0.2, -0.15) is 0 Å². The topological polar surface area (TPSA) is 84.5 Å². The number of hydrogen-bond acceptors (Lipinski definition) is 6. The summed E-state index contributed by atoms with van der Waals surface area (Å²) in [4.78, 5) is 9.86. The van der Waals surface area contributed by atoms with E-state index in [-0.39, 0.29) is 12.4 Å². The van der Waals surface area contributed by atoms with Crippen molar-refractivity contribution in [3.05, 3.63) is 11.3 Å². The molecule has 0 saturated heterocycles. The first kappa shape index (κ1) is 14.0. The molecule has 3 N–H and O–H groups in total. The lowest BCUT2D eigenvalue weighted by molar-refractivity contribution is 0.0967. The number of rotatable bonds is 7. The standard InChI is InChI=1S/C10H17ClN4O2/c1-2-15(3-5-17-6-4-16)10-8(11)9(12)13-7-14-10/h7,16H,2-6H2,1H3,(H2,12,13,14). The Labute approximate surface area is 105 Å². The normalized spacial score (nSPS) is 10.5. The molecule has 0 bridgehead atoms. The monoisotopic (exact) mass is 260 g/mol. The van der Waals surface area contributed by atoms with Crippen molar-refractivity contribution in [3.8, 4) is 0 Å². The maximum absolute atomic E-state index is 8.59. The van der Waals surface area contributed by atoms with E-state index in [1.54, 1.807) is 0 Å². The minimum Gasteiger partial charge on any atom is -0.394 e. The molecule has 0 atom stereocenters. The van der Waals surface area contributed by atoms with E-state index in [1.807, 2.05) is 11.8 Å². The highest BCUT2D eigenvalue weighted by Crippen LogP contribution is 2.26. The van der Waals surface area contributed by atoms with Crippen molar-refractivity contribution in [1.82, 2.24) is 9.97 Å². The quantitative estimate of drug-likeness (QED) is 0.697. The lowest BCUT2D eigenvalue weighted by atomic mass is 10.4. The highest BCUT2D eigenvalue weighted by molar-refractivity contribution is 6.35. The molecule has 17 heavy (non-hydrogen) atoms. The van der Waals surface area contributed by atoms with Gasteiger partial charge in [-0.15, -0.1) is 0 Å². The van der Waals surface area contributed by atoms with Crippen LogP contribution in [0.3, 0.4) is 0 Å². The number of nitrogens with zero attached hydrogens (tertiary/aromatic N) is 3. The van der Waals surface area contributed by atoms with Gasteiger partial charge in [0.25, 0.3) is 0 Å². The second-order valence-corrected chi connectivity index (χ2v) is 3.69. The molecule has 1 aromatic heterocycles. The largest absolute Gasteiger partial charge is 0.394 e. The summed E-state index contributed by atoms with van der Waals surface area (Å²) in [5, 5.41) is 8.95. The molecule has 6 nitrogen and oxygen atoms in total. The summed E-state index contributed by atoms with van der Waals surface area (Å²) in [7, 11) is 0. The SMILES string of the molecule is CCN(CCOCCO)c1ncnc(N)c1Cl. The first-order chi connectivity index (χ1) is 8.20. The van der Waals surface area contributed by atoms with Gasteiger partial charge >= 0.3 is 0 Å². The van der Waals surface area contributed by atoms with Crippen molar-refractivity contribution < 1.29 is 9.84 Å². The lowest BCUT2D eigenvalue weighted by Gasteiger charge is -2.22. The number of halogens is 1. The molecule has 96 valence electrons. The molecule has 0 aliphatic heterocycles. The van der Waals surface area contributed by atoms with Crippen LogP contribution in [0.1, 0.15) is 6.92 Å². The zero-order chi connectivity index (χ0) is 12.7. The molecule has 7 heteroatoms. The Balaban J connectivity index is 2.63. The number of likely N-dealkylation sites (N-methyl/N-ethyl adjacent to an activating group) is 1. The second kappa shape index (κ2) is 7.26. The number of aliphatic hydroxyl groups excluding tert-OH is 1. The summed E-state index contributed by atoms with van der Waals surface area (Å²) < 4.78 is 5.20. The molecule has 1 heterocycles. The van der Waals surface area contributed by atoms with Crippen LogP contribution in [0.4, 0.5) is 11.6 Å². The molecule has 0 aromatic carbocycles. The van der Waals surface area contributed by atoms with Crippen LogP contribution in [0.2, 0.25) is 5.02 Å². The Morgan fingerprint density at radius 3 is 2.88 bits per heavy atom.